The van der Waals surface area contributed by atoms with Gasteiger partial charge in [-0.25, -0.2) is 8.78 Å². The number of aromatic nitrogens is 1. The molecule has 124 valence electrons. The van der Waals surface area contributed by atoms with E-state index in [1.165, 1.54) is 4.57 Å². The Labute approximate surface area is 143 Å². The van der Waals surface area contributed by atoms with Gasteiger partial charge in [0.05, 0.1) is 16.1 Å². The summed E-state index contributed by atoms with van der Waals surface area (Å²) < 4.78 is 28.7. The van der Waals surface area contributed by atoms with Crippen molar-refractivity contribution in [1.82, 2.24) is 4.57 Å². The van der Waals surface area contributed by atoms with Gasteiger partial charge in [-0.2, -0.15) is 0 Å². The van der Waals surface area contributed by atoms with Crippen molar-refractivity contribution in [2.24, 2.45) is 0 Å². The van der Waals surface area contributed by atoms with Gasteiger partial charge in [0.25, 0.3) is 5.56 Å². The molecule has 1 heterocycles. The third kappa shape index (κ3) is 2.82. The number of pyridine rings is 1. The molecule has 5 heteroatoms. The Kier molecular flexibility index (Phi) is 3.96. The van der Waals surface area contributed by atoms with E-state index in [-0.39, 0.29) is 5.69 Å². The second-order valence-electron chi connectivity index (χ2n) is 6.75. The number of nitrogens with zero attached hydrogens (tertiary/aromatic N) is 1. The molecule has 0 atom stereocenters. The quantitative estimate of drug-likeness (QED) is 0.591. The summed E-state index contributed by atoms with van der Waals surface area (Å²) in [5.41, 5.74) is -0.0251. The Bertz CT molecular complexity index is 982. The molecular weight excluding hydrogens is 332 g/mol. The minimum atomic E-state index is -0.740. The van der Waals surface area contributed by atoms with Gasteiger partial charge in [0, 0.05) is 17.2 Å². The smallest absolute Gasteiger partial charge is 0.264 e. The van der Waals surface area contributed by atoms with E-state index in [0.29, 0.717) is 21.5 Å². The molecule has 0 aliphatic rings. The summed E-state index contributed by atoms with van der Waals surface area (Å²) in [6.07, 6.45) is 0. The van der Waals surface area contributed by atoms with Crippen LogP contribution in [-0.2, 0) is 5.41 Å². The number of benzene rings is 2. The molecule has 0 radical (unpaired) electrons. The van der Waals surface area contributed by atoms with Gasteiger partial charge < -0.3 is 0 Å². The topological polar surface area (TPSA) is 22.0 Å². The van der Waals surface area contributed by atoms with Gasteiger partial charge >= 0.3 is 0 Å². The van der Waals surface area contributed by atoms with Crippen molar-refractivity contribution in [3.05, 3.63) is 75.2 Å². The first-order chi connectivity index (χ1) is 11.2. The Morgan fingerprint density at radius 1 is 1.00 bits per heavy atom. The summed E-state index contributed by atoms with van der Waals surface area (Å²) in [6, 6.07) is 10.1. The molecule has 1 aromatic heterocycles. The Balaban J connectivity index is 2.51. The Hall–Kier alpha value is -2.20. The molecule has 0 aliphatic carbocycles. The summed E-state index contributed by atoms with van der Waals surface area (Å²) >= 11 is 6.19. The van der Waals surface area contributed by atoms with E-state index in [0.717, 1.165) is 18.2 Å². The lowest BCUT2D eigenvalue weighted by Gasteiger charge is -2.25. The first-order valence-corrected chi connectivity index (χ1v) is 7.87. The molecule has 0 fully saturated rings. The molecule has 0 spiro atoms. The van der Waals surface area contributed by atoms with Gasteiger partial charge in [0.2, 0.25) is 0 Å². The largest absolute Gasteiger partial charge is 0.280 e. The molecule has 0 unspecified atom stereocenters. The van der Waals surface area contributed by atoms with Crippen molar-refractivity contribution in [3.63, 3.8) is 0 Å². The minimum Gasteiger partial charge on any atom is -0.280 e. The van der Waals surface area contributed by atoms with Crippen LogP contribution in [0.3, 0.4) is 0 Å². The van der Waals surface area contributed by atoms with Crippen LogP contribution in [0.1, 0.15) is 26.5 Å². The van der Waals surface area contributed by atoms with Crippen molar-refractivity contribution in [3.8, 4) is 5.69 Å². The predicted molar refractivity (Wildman–Crippen MR) is 93.2 cm³/mol. The molecule has 2 nitrogen and oxygen atoms in total. The summed E-state index contributed by atoms with van der Waals surface area (Å²) in [4.78, 5) is 13.1. The van der Waals surface area contributed by atoms with Crippen molar-refractivity contribution in [2.45, 2.75) is 26.2 Å². The number of hydrogen-bond acceptors (Lipinski definition) is 1. The van der Waals surface area contributed by atoms with Gasteiger partial charge in [-0.1, -0.05) is 44.5 Å². The zero-order valence-corrected chi connectivity index (χ0v) is 14.3. The fraction of sp³-hybridized carbons (Fsp3) is 0.211. The van der Waals surface area contributed by atoms with Gasteiger partial charge in [-0.05, 0) is 29.7 Å². The molecule has 3 rings (SSSR count). The highest BCUT2D eigenvalue weighted by Gasteiger charge is 2.23. The van der Waals surface area contributed by atoms with Crippen LogP contribution < -0.4 is 5.56 Å². The van der Waals surface area contributed by atoms with Gasteiger partial charge in [-0.15, -0.1) is 0 Å². The number of rotatable bonds is 1. The standard InChI is InChI=1S/C19H16ClF2NO/c1-19(2,3)16-7-11-5-4-6-15(20)17(11)18(24)23(16)14-9-12(21)8-13(22)10-14/h4-10H,1-3H3. The fourth-order valence-corrected chi connectivity index (χ4v) is 3.06. The number of halogens is 3. The van der Waals surface area contributed by atoms with Crippen molar-refractivity contribution in [2.75, 3.05) is 0 Å². The van der Waals surface area contributed by atoms with E-state index in [9.17, 15) is 13.6 Å². The highest BCUT2D eigenvalue weighted by Crippen LogP contribution is 2.29. The molecule has 3 aromatic rings. The summed E-state index contributed by atoms with van der Waals surface area (Å²) in [7, 11) is 0. The number of hydrogen-bond donors (Lipinski definition) is 0. The molecule has 0 bridgehead atoms. The monoisotopic (exact) mass is 347 g/mol. The van der Waals surface area contributed by atoms with E-state index in [2.05, 4.69) is 0 Å². The van der Waals surface area contributed by atoms with Crippen LogP contribution in [0.4, 0.5) is 8.78 Å². The van der Waals surface area contributed by atoms with Crippen LogP contribution in [0.2, 0.25) is 5.02 Å². The average molecular weight is 348 g/mol. The van der Waals surface area contributed by atoms with Crippen LogP contribution in [-0.4, -0.2) is 4.57 Å². The maximum Gasteiger partial charge on any atom is 0.264 e. The van der Waals surface area contributed by atoms with Gasteiger partial charge in [-0.3, -0.25) is 9.36 Å². The third-order valence-corrected chi connectivity index (χ3v) is 4.18. The van der Waals surface area contributed by atoms with E-state index >= 15 is 0 Å². The molecule has 2 aromatic carbocycles. The molecular formula is C19H16ClF2NO. The molecule has 0 amide bonds. The van der Waals surface area contributed by atoms with Gasteiger partial charge in [0.15, 0.2) is 0 Å². The van der Waals surface area contributed by atoms with Crippen molar-refractivity contribution < 1.29 is 8.78 Å². The third-order valence-electron chi connectivity index (χ3n) is 3.87. The van der Waals surface area contributed by atoms with Crippen LogP contribution in [0.5, 0.6) is 0 Å². The van der Waals surface area contributed by atoms with E-state index in [1.807, 2.05) is 26.8 Å². The SMILES string of the molecule is CC(C)(C)c1cc2cccc(Cl)c2c(=O)n1-c1cc(F)cc(F)c1. The molecule has 0 saturated carbocycles. The maximum atomic E-state index is 13.7. The predicted octanol–water partition coefficient (Wildman–Crippen LogP) is 5.22. The summed E-state index contributed by atoms with van der Waals surface area (Å²) in [5.74, 6) is -1.48. The highest BCUT2D eigenvalue weighted by molar-refractivity contribution is 6.35. The average Bonchev–Trinajstić information content (AvgIpc) is 2.44. The lowest BCUT2D eigenvalue weighted by atomic mass is 9.89. The summed E-state index contributed by atoms with van der Waals surface area (Å²) in [5, 5.41) is 1.34. The minimum absolute atomic E-state index is 0.143. The lowest BCUT2D eigenvalue weighted by molar-refractivity contribution is 0.544. The normalized spacial score (nSPS) is 11.9. The van der Waals surface area contributed by atoms with Crippen molar-refractivity contribution >= 4 is 22.4 Å². The number of fused-ring (bicyclic) bond motifs is 1. The second-order valence-corrected chi connectivity index (χ2v) is 7.16. The van der Waals surface area contributed by atoms with E-state index in [1.54, 1.807) is 18.2 Å². The second kappa shape index (κ2) is 5.71. The fourth-order valence-electron chi connectivity index (χ4n) is 2.80. The lowest BCUT2D eigenvalue weighted by Crippen LogP contribution is -2.29. The van der Waals surface area contributed by atoms with Crippen LogP contribution in [0.25, 0.3) is 16.5 Å². The highest BCUT2D eigenvalue weighted by atomic mass is 35.5. The zero-order valence-electron chi connectivity index (χ0n) is 13.5. The maximum absolute atomic E-state index is 13.7. The van der Waals surface area contributed by atoms with E-state index in [4.69, 9.17) is 11.6 Å². The van der Waals surface area contributed by atoms with Crippen LogP contribution in [0.15, 0.2) is 47.3 Å². The Morgan fingerprint density at radius 3 is 2.21 bits per heavy atom. The molecule has 0 aliphatic heterocycles. The molecule has 24 heavy (non-hydrogen) atoms. The molecule has 0 saturated heterocycles. The summed E-state index contributed by atoms with van der Waals surface area (Å²) in [6.45, 7) is 5.80. The van der Waals surface area contributed by atoms with E-state index < -0.39 is 22.6 Å². The Morgan fingerprint density at radius 2 is 1.62 bits per heavy atom. The van der Waals surface area contributed by atoms with Crippen LogP contribution in [0, 0.1) is 11.6 Å². The molecule has 0 N–H and O–H groups in total. The zero-order chi connectivity index (χ0) is 17.6. The first-order valence-electron chi connectivity index (χ1n) is 7.50. The van der Waals surface area contributed by atoms with Crippen molar-refractivity contribution in [1.29, 1.82) is 0 Å². The van der Waals surface area contributed by atoms with Crippen LogP contribution >= 0.6 is 11.6 Å². The first kappa shape index (κ1) is 16.7. The van der Waals surface area contributed by atoms with Gasteiger partial charge in [0.1, 0.15) is 11.6 Å².